The van der Waals surface area contributed by atoms with Crippen LogP contribution in [0.1, 0.15) is 26.5 Å². The molecule has 0 amide bonds. The van der Waals surface area contributed by atoms with E-state index in [0.29, 0.717) is 30.0 Å². The minimum absolute atomic E-state index is 0.495. The maximum atomic E-state index is 6.04. The second-order valence-corrected chi connectivity index (χ2v) is 4.47. The number of nitrogens with one attached hydrogen (secondary N) is 1. The summed E-state index contributed by atoms with van der Waals surface area (Å²) in [5.41, 5.74) is 0.838. The van der Waals surface area contributed by atoms with Crippen molar-refractivity contribution in [3.05, 3.63) is 22.8 Å². The van der Waals surface area contributed by atoms with Crippen molar-refractivity contribution in [2.24, 2.45) is 5.92 Å². The molecule has 90 valence electrons. The van der Waals surface area contributed by atoms with E-state index in [1.807, 2.05) is 13.0 Å². The molecule has 0 atom stereocenters. The number of hydrogen-bond donors (Lipinski definition) is 1. The van der Waals surface area contributed by atoms with Crippen LogP contribution in [0.2, 0.25) is 5.02 Å². The van der Waals surface area contributed by atoms with E-state index in [4.69, 9.17) is 16.3 Å². The number of hydrogen-bond acceptors (Lipinski definition) is 3. The number of ether oxygens (including phenoxy) is 1. The lowest BCUT2D eigenvalue weighted by Gasteiger charge is -2.10. The Balaban J connectivity index is 2.65. The molecular weight excluding hydrogens is 224 g/mol. The van der Waals surface area contributed by atoms with Crippen molar-refractivity contribution in [1.82, 2.24) is 10.3 Å². The van der Waals surface area contributed by atoms with Crippen molar-refractivity contribution < 1.29 is 4.74 Å². The van der Waals surface area contributed by atoms with Crippen LogP contribution in [0.4, 0.5) is 0 Å². The van der Waals surface area contributed by atoms with Crippen molar-refractivity contribution in [1.29, 1.82) is 0 Å². The topological polar surface area (TPSA) is 34.2 Å². The molecule has 1 heterocycles. The van der Waals surface area contributed by atoms with Crippen LogP contribution in [-0.4, -0.2) is 18.1 Å². The first-order valence-electron chi connectivity index (χ1n) is 5.62. The van der Waals surface area contributed by atoms with Gasteiger partial charge in [0.05, 0.1) is 17.3 Å². The fraction of sp³-hybridized carbons (Fsp3) is 0.583. The molecule has 1 rings (SSSR count). The Morgan fingerprint density at radius 2 is 2.19 bits per heavy atom. The third kappa shape index (κ3) is 4.37. The molecule has 0 saturated carbocycles. The number of pyridine rings is 1. The van der Waals surface area contributed by atoms with Crippen LogP contribution in [0.3, 0.4) is 0 Å². The van der Waals surface area contributed by atoms with Crippen molar-refractivity contribution in [3.8, 4) is 5.88 Å². The summed E-state index contributed by atoms with van der Waals surface area (Å²) in [4.78, 5) is 4.37. The first kappa shape index (κ1) is 13.3. The van der Waals surface area contributed by atoms with Crippen molar-refractivity contribution in [3.63, 3.8) is 0 Å². The third-order valence-corrected chi connectivity index (χ3v) is 2.34. The maximum absolute atomic E-state index is 6.04. The highest BCUT2D eigenvalue weighted by atomic mass is 35.5. The van der Waals surface area contributed by atoms with Crippen molar-refractivity contribution >= 4 is 11.6 Å². The van der Waals surface area contributed by atoms with E-state index >= 15 is 0 Å². The molecule has 1 aromatic heterocycles. The summed E-state index contributed by atoms with van der Waals surface area (Å²) in [5.74, 6) is 1.14. The van der Waals surface area contributed by atoms with Gasteiger partial charge in [0.1, 0.15) is 0 Å². The van der Waals surface area contributed by atoms with E-state index < -0.39 is 0 Å². The molecule has 0 aliphatic rings. The molecule has 0 radical (unpaired) electrons. The summed E-state index contributed by atoms with van der Waals surface area (Å²) < 4.78 is 5.55. The van der Waals surface area contributed by atoms with E-state index in [2.05, 4.69) is 24.1 Å². The predicted molar refractivity (Wildman–Crippen MR) is 67.0 cm³/mol. The van der Waals surface area contributed by atoms with E-state index in [9.17, 15) is 0 Å². The Hall–Kier alpha value is -0.800. The minimum Gasteiger partial charge on any atom is -0.477 e. The summed E-state index contributed by atoms with van der Waals surface area (Å²) in [7, 11) is 0. The Bertz CT molecular complexity index is 329. The number of nitrogens with zero attached hydrogens (tertiary/aromatic N) is 1. The van der Waals surface area contributed by atoms with Crippen LogP contribution >= 0.6 is 11.6 Å². The monoisotopic (exact) mass is 242 g/mol. The molecule has 1 N–H and O–H groups in total. The van der Waals surface area contributed by atoms with Gasteiger partial charge in [0, 0.05) is 12.6 Å². The molecule has 3 nitrogen and oxygen atoms in total. The first-order valence-corrected chi connectivity index (χ1v) is 6.00. The Morgan fingerprint density at radius 3 is 2.81 bits per heavy atom. The van der Waals surface area contributed by atoms with Crippen LogP contribution in [0, 0.1) is 5.92 Å². The molecule has 0 saturated heterocycles. The molecule has 0 bridgehead atoms. The molecular formula is C12H19ClN2O. The van der Waals surface area contributed by atoms with Crippen LogP contribution in [0.25, 0.3) is 0 Å². The summed E-state index contributed by atoms with van der Waals surface area (Å²) in [6.45, 7) is 8.51. The van der Waals surface area contributed by atoms with Gasteiger partial charge in [-0.15, -0.1) is 0 Å². The van der Waals surface area contributed by atoms with Crippen LogP contribution in [0.5, 0.6) is 5.88 Å². The average molecular weight is 243 g/mol. The number of rotatable bonds is 6. The van der Waals surface area contributed by atoms with Gasteiger partial charge in [-0.25, -0.2) is 4.98 Å². The van der Waals surface area contributed by atoms with Gasteiger partial charge < -0.3 is 10.1 Å². The highest BCUT2D eigenvalue weighted by Crippen LogP contribution is 2.18. The summed E-state index contributed by atoms with van der Waals surface area (Å²) in [6, 6.07) is 3.64. The van der Waals surface area contributed by atoms with Gasteiger partial charge in [0.25, 0.3) is 0 Å². The van der Waals surface area contributed by atoms with Gasteiger partial charge in [-0.05, 0) is 18.5 Å². The maximum Gasteiger partial charge on any atom is 0.213 e. The number of halogens is 1. The Labute approximate surface area is 102 Å². The zero-order valence-electron chi connectivity index (χ0n) is 10.1. The number of aromatic nitrogens is 1. The smallest absolute Gasteiger partial charge is 0.213 e. The second-order valence-electron chi connectivity index (χ2n) is 4.06. The molecule has 0 aliphatic heterocycles. The Kier molecular flexibility index (Phi) is 5.56. The summed E-state index contributed by atoms with van der Waals surface area (Å²) >= 11 is 6.04. The normalized spacial score (nSPS) is 10.8. The fourth-order valence-electron chi connectivity index (χ4n) is 1.16. The van der Waals surface area contributed by atoms with Gasteiger partial charge in [0.2, 0.25) is 5.88 Å². The van der Waals surface area contributed by atoms with Gasteiger partial charge >= 0.3 is 0 Å². The molecule has 0 aromatic carbocycles. The molecule has 4 heteroatoms. The van der Waals surface area contributed by atoms with E-state index in [-0.39, 0.29) is 0 Å². The lowest BCUT2D eigenvalue weighted by molar-refractivity contribution is 0.260. The molecule has 0 spiro atoms. The van der Waals surface area contributed by atoms with E-state index in [0.717, 1.165) is 12.2 Å². The minimum atomic E-state index is 0.495. The van der Waals surface area contributed by atoms with Crippen molar-refractivity contribution in [2.75, 3.05) is 13.2 Å². The summed E-state index contributed by atoms with van der Waals surface area (Å²) in [5, 5.41) is 3.87. The molecule has 16 heavy (non-hydrogen) atoms. The highest BCUT2D eigenvalue weighted by molar-refractivity contribution is 6.31. The lowest BCUT2D eigenvalue weighted by Crippen LogP contribution is -2.14. The van der Waals surface area contributed by atoms with Crippen LogP contribution in [0.15, 0.2) is 12.1 Å². The largest absolute Gasteiger partial charge is 0.477 e. The van der Waals surface area contributed by atoms with Crippen LogP contribution in [-0.2, 0) is 6.54 Å². The standard InChI is InChI=1S/C12H19ClN2O/c1-4-14-7-11-10(13)5-6-12(15-11)16-8-9(2)3/h5-6,9,14H,4,7-8H2,1-3H3. The van der Waals surface area contributed by atoms with Gasteiger partial charge in [-0.1, -0.05) is 32.4 Å². The summed E-state index contributed by atoms with van der Waals surface area (Å²) in [6.07, 6.45) is 0. The average Bonchev–Trinajstić information content (AvgIpc) is 2.26. The SMILES string of the molecule is CCNCc1nc(OCC(C)C)ccc1Cl. The first-order chi connectivity index (χ1) is 7.63. The zero-order valence-corrected chi connectivity index (χ0v) is 10.8. The molecule has 0 aliphatic carbocycles. The molecule has 0 unspecified atom stereocenters. The molecule has 0 fully saturated rings. The molecule has 1 aromatic rings. The van der Waals surface area contributed by atoms with Crippen molar-refractivity contribution in [2.45, 2.75) is 27.3 Å². The second kappa shape index (κ2) is 6.71. The van der Waals surface area contributed by atoms with Gasteiger partial charge in [-0.2, -0.15) is 0 Å². The van der Waals surface area contributed by atoms with Crippen LogP contribution < -0.4 is 10.1 Å². The predicted octanol–water partition coefficient (Wildman–Crippen LogP) is 2.88. The quantitative estimate of drug-likeness (QED) is 0.833. The fourth-order valence-corrected chi connectivity index (χ4v) is 1.34. The third-order valence-electron chi connectivity index (χ3n) is 2.00. The van der Waals surface area contributed by atoms with Gasteiger partial charge in [-0.3, -0.25) is 0 Å². The van der Waals surface area contributed by atoms with E-state index in [1.54, 1.807) is 6.07 Å². The van der Waals surface area contributed by atoms with Gasteiger partial charge in [0.15, 0.2) is 0 Å². The van der Waals surface area contributed by atoms with E-state index in [1.165, 1.54) is 0 Å². The highest BCUT2D eigenvalue weighted by Gasteiger charge is 2.05. The lowest BCUT2D eigenvalue weighted by atomic mass is 10.2. The Morgan fingerprint density at radius 1 is 1.44 bits per heavy atom. The zero-order chi connectivity index (χ0) is 12.0.